The Bertz CT molecular complexity index is 1370. The number of rotatable bonds is 9. The zero-order chi connectivity index (χ0) is 27.2. The highest BCUT2D eigenvalue weighted by atomic mass is 32.2. The average Bonchev–Trinajstić information content (AvgIpc) is 3.40. The van der Waals surface area contributed by atoms with Gasteiger partial charge in [0.1, 0.15) is 0 Å². The van der Waals surface area contributed by atoms with E-state index in [0.717, 1.165) is 27.4 Å². The second kappa shape index (κ2) is 12.5. The molecular formula is C28H30N6O4S. The smallest absolute Gasteiger partial charge is 0.253 e. The highest BCUT2D eigenvalue weighted by Gasteiger charge is 2.38. The molecule has 1 aliphatic heterocycles. The lowest BCUT2D eigenvalue weighted by Gasteiger charge is -2.41. The Kier molecular flexibility index (Phi) is 8.62. The number of amides is 1. The summed E-state index contributed by atoms with van der Waals surface area (Å²) in [6, 6.07) is 19.2. The summed E-state index contributed by atoms with van der Waals surface area (Å²) >= 11 is 1.54. The van der Waals surface area contributed by atoms with Gasteiger partial charge in [-0.2, -0.15) is 0 Å². The maximum atomic E-state index is 12.4. The quantitative estimate of drug-likeness (QED) is 0.303. The van der Waals surface area contributed by atoms with E-state index in [9.17, 15) is 9.90 Å². The summed E-state index contributed by atoms with van der Waals surface area (Å²) in [6.45, 7) is 2.50. The van der Waals surface area contributed by atoms with Crippen LogP contribution in [0.1, 0.15) is 51.9 Å². The monoisotopic (exact) mass is 546 g/mol. The Labute approximate surface area is 230 Å². The fourth-order valence-corrected chi connectivity index (χ4v) is 5.40. The standard InChI is InChI=1S/C28H30N6O4S/c1-18-24(17-39-28-31-32-33-34(28)2)37-27(38-25(18)21-9-7-20(16-35)8-10-21)22-11-5-19(6-12-22)14-30-26(36)23-4-3-13-29-15-23/h3-13,15,18,24-25,27,35H,14,16-17H2,1-2H3,(H,30,36)/t18-,24+,25+,27+/m0/s1. The molecule has 11 heteroatoms. The van der Waals surface area contributed by atoms with Crippen LogP contribution < -0.4 is 5.32 Å². The van der Waals surface area contributed by atoms with E-state index in [1.807, 2.05) is 55.6 Å². The van der Waals surface area contributed by atoms with Gasteiger partial charge in [-0.1, -0.05) is 67.2 Å². The number of nitrogens with zero attached hydrogens (tertiary/aromatic N) is 5. The van der Waals surface area contributed by atoms with Gasteiger partial charge in [0, 0.05) is 43.2 Å². The lowest BCUT2D eigenvalue weighted by molar-refractivity contribution is -0.268. The zero-order valence-electron chi connectivity index (χ0n) is 21.7. The Morgan fingerprint density at radius 2 is 1.79 bits per heavy atom. The summed E-state index contributed by atoms with van der Waals surface area (Å²) in [5.74, 6) is 0.532. The number of pyridine rings is 1. The van der Waals surface area contributed by atoms with Gasteiger partial charge in [-0.25, -0.2) is 4.68 Å². The number of ether oxygens (including phenoxy) is 2. The summed E-state index contributed by atoms with van der Waals surface area (Å²) in [5.41, 5.74) is 4.24. The van der Waals surface area contributed by atoms with Crippen LogP contribution >= 0.6 is 11.8 Å². The van der Waals surface area contributed by atoms with E-state index in [0.29, 0.717) is 17.9 Å². The molecule has 4 atom stereocenters. The van der Waals surface area contributed by atoms with Crippen LogP contribution in [0.25, 0.3) is 0 Å². The van der Waals surface area contributed by atoms with Crippen molar-refractivity contribution in [3.8, 4) is 0 Å². The number of hydrogen-bond donors (Lipinski definition) is 2. The highest BCUT2D eigenvalue weighted by Crippen LogP contribution is 2.42. The van der Waals surface area contributed by atoms with Crippen molar-refractivity contribution >= 4 is 17.7 Å². The Morgan fingerprint density at radius 1 is 1.05 bits per heavy atom. The van der Waals surface area contributed by atoms with Crippen LogP contribution in [0.5, 0.6) is 0 Å². The minimum atomic E-state index is -0.578. The highest BCUT2D eigenvalue weighted by molar-refractivity contribution is 7.99. The van der Waals surface area contributed by atoms with Gasteiger partial charge in [0.15, 0.2) is 6.29 Å². The molecule has 202 valence electrons. The minimum absolute atomic E-state index is 0.00681. The third-order valence-electron chi connectivity index (χ3n) is 6.71. The van der Waals surface area contributed by atoms with Gasteiger partial charge in [0.05, 0.1) is 24.4 Å². The number of hydrogen-bond acceptors (Lipinski definition) is 9. The minimum Gasteiger partial charge on any atom is -0.392 e. The first kappa shape index (κ1) is 26.9. The number of aliphatic hydroxyl groups excluding tert-OH is 1. The first-order valence-corrected chi connectivity index (χ1v) is 13.6. The van der Waals surface area contributed by atoms with Gasteiger partial charge in [-0.15, -0.1) is 5.10 Å². The summed E-state index contributed by atoms with van der Waals surface area (Å²) in [4.78, 5) is 16.3. The third kappa shape index (κ3) is 6.51. The second-order valence-corrected chi connectivity index (χ2v) is 10.4. The van der Waals surface area contributed by atoms with Crippen molar-refractivity contribution in [3.63, 3.8) is 0 Å². The number of carbonyl (C=O) groups excluding carboxylic acids is 1. The van der Waals surface area contributed by atoms with Gasteiger partial charge in [-0.3, -0.25) is 9.78 Å². The fraction of sp³-hybridized carbons (Fsp3) is 0.321. The van der Waals surface area contributed by atoms with Crippen molar-refractivity contribution in [3.05, 3.63) is 101 Å². The molecule has 0 radical (unpaired) electrons. The molecule has 1 saturated heterocycles. The number of aromatic nitrogens is 5. The van der Waals surface area contributed by atoms with E-state index in [4.69, 9.17) is 9.47 Å². The average molecular weight is 547 g/mol. The molecule has 0 bridgehead atoms. The predicted molar refractivity (Wildman–Crippen MR) is 144 cm³/mol. The predicted octanol–water partition coefficient (Wildman–Crippen LogP) is 3.61. The van der Waals surface area contributed by atoms with Crippen molar-refractivity contribution in [2.45, 2.75) is 43.7 Å². The Hall–Kier alpha value is -3.64. The molecule has 5 rings (SSSR count). The van der Waals surface area contributed by atoms with Crippen LogP contribution in [0.3, 0.4) is 0 Å². The Balaban J connectivity index is 1.30. The van der Waals surface area contributed by atoms with Gasteiger partial charge >= 0.3 is 0 Å². The second-order valence-electron chi connectivity index (χ2n) is 9.38. The lowest BCUT2D eigenvalue weighted by Crippen LogP contribution is -2.38. The molecule has 1 fully saturated rings. The molecule has 0 unspecified atom stereocenters. The van der Waals surface area contributed by atoms with Crippen molar-refractivity contribution < 1.29 is 19.4 Å². The Morgan fingerprint density at radius 3 is 2.46 bits per heavy atom. The molecule has 2 N–H and O–H groups in total. The van der Waals surface area contributed by atoms with Crippen LogP contribution in [0.15, 0.2) is 78.2 Å². The van der Waals surface area contributed by atoms with Gasteiger partial charge in [-0.05, 0) is 39.2 Å². The molecule has 1 aliphatic rings. The molecule has 2 aromatic carbocycles. The number of carbonyl (C=O) groups is 1. The molecule has 39 heavy (non-hydrogen) atoms. The van der Waals surface area contributed by atoms with E-state index in [1.165, 1.54) is 0 Å². The number of tetrazole rings is 1. The van der Waals surface area contributed by atoms with Crippen LogP contribution in [0.4, 0.5) is 0 Å². The van der Waals surface area contributed by atoms with Crippen molar-refractivity contribution in [2.75, 3.05) is 5.75 Å². The van der Waals surface area contributed by atoms with Crippen LogP contribution in [-0.4, -0.2) is 48.1 Å². The van der Waals surface area contributed by atoms with Crippen molar-refractivity contribution in [1.82, 2.24) is 30.5 Å². The molecule has 1 amide bonds. The van der Waals surface area contributed by atoms with E-state index >= 15 is 0 Å². The summed E-state index contributed by atoms with van der Waals surface area (Å²) in [7, 11) is 1.81. The molecule has 0 spiro atoms. The number of thioether (sulfide) groups is 1. The van der Waals surface area contributed by atoms with E-state index in [-0.39, 0.29) is 30.6 Å². The first-order chi connectivity index (χ1) is 19.0. The first-order valence-electron chi connectivity index (χ1n) is 12.6. The SMILES string of the molecule is C[C@H]1[C@@H](CSc2nnnn2C)O[C@@H](c2ccc(CNC(=O)c3cccnc3)cc2)O[C@H]1c1ccc(CO)cc1. The lowest BCUT2D eigenvalue weighted by atomic mass is 9.91. The van der Waals surface area contributed by atoms with Crippen LogP contribution in [0.2, 0.25) is 0 Å². The number of benzene rings is 2. The molecule has 4 aromatic rings. The van der Waals surface area contributed by atoms with Gasteiger partial charge in [0.2, 0.25) is 5.16 Å². The summed E-state index contributed by atoms with van der Waals surface area (Å²) < 4.78 is 14.6. The van der Waals surface area contributed by atoms with E-state index < -0.39 is 6.29 Å². The molecule has 0 aliphatic carbocycles. The number of aryl methyl sites for hydroxylation is 1. The van der Waals surface area contributed by atoms with Crippen LogP contribution in [0, 0.1) is 5.92 Å². The molecule has 3 heterocycles. The summed E-state index contributed by atoms with van der Waals surface area (Å²) in [5, 5.41) is 24.8. The van der Waals surface area contributed by atoms with Gasteiger partial charge in [0.25, 0.3) is 5.91 Å². The van der Waals surface area contributed by atoms with Crippen molar-refractivity contribution in [1.29, 1.82) is 0 Å². The maximum Gasteiger partial charge on any atom is 0.253 e. The normalized spacial score (nSPS) is 21.0. The molecule has 10 nitrogen and oxygen atoms in total. The topological polar surface area (TPSA) is 124 Å². The number of aliphatic hydroxyl groups is 1. The molecule has 0 saturated carbocycles. The molecular weight excluding hydrogens is 516 g/mol. The molecule has 2 aromatic heterocycles. The van der Waals surface area contributed by atoms with Crippen LogP contribution in [-0.2, 0) is 29.7 Å². The third-order valence-corrected chi connectivity index (χ3v) is 7.81. The largest absolute Gasteiger partial charge is 0.392 e. The van der Waals surface area contributed by atoms with E-state index in [2.05, 4.69) is 32.7 Å². The fourth-order valence-electron chi connectivity index (χ4n) is 4.38. The summed E-state index contributed by atoms with van der Waals surface area (Å²) in [6.07, 6.45) is 2.26. The van der Waals surface area contributed by atoms with Crippen molar-refractivity contribution in [2.24, 2.45) is 13.0 Å². The number of nitrogens with one attached hydrogen (secondary N) is 1. The zero-order valence-corrected chi connectivity index (χ0v) is 22.5. The van der Waals surface area contributed by atoms with E-state index in [1.54, 1.807) is 41.0 Å². The maximum absolute atomic E-state index is 12.4. The van der Waals surface area contributed by atoms with Gasteiger partial charge < -0.3 is 19.9 Å².